The van der Waals surface area contributed by atoms with Crippen molar-refractivity contribution in [3.05, 3.63) is 11.7 Å². The molecule has 1 aromatic rings. The number of aromatic nitrogens is 2. The number of rotatable bonds is 5. The molecule has 2 aliphatic rings. The number of hydrogen-bond acceptors (Lipinski definition) is 6. The van der Waals surface area contributed by atoms with Gasteiger partial charge >= 0.3 is 0 Å². The Morgan fingerprint density at radius 2 is 2.18 bits per heavy atom. The fourth-order valence-electron chi connectivity index (χ4n) is 3.42. The molecule has 0 bridgehead atoms. The van der Waals surface area contributed by atoms with Crippen LogP contribution < -0.4 is 5.32 Å². The zero-order valence-corrected chi connectivity index (χ0v) is 13.1. The van der Waals surface area contributed by atoms with Crippen molar-refractivity contribution < 1.29 is 14.1 Å². The highest BCUT2D eigenvalue weighted by Crippen LogP contribution is 2.38. The van der Waals surface area contributed by atoms with E-state index in [4.69, 9.17) is 9.26 Å². The molecule has 2 aliphatic heterocycles. The van der Waals surface area contributed by atoms with Gasteiger partial charge in [-0.2, -0.15) is 4.98 Å². The van der Waals surface area contributed by atoms with Crippen LogP contribution in [0.1, 0.15) is 37.4 Å². The Balaban J connectivity index is 1.62. The lowest BCUT2D eigenvalue weighted by Crippen LogP contribution is -2.50. The quantitative estimate of drug-likeness (QED) is 0.864. The number of amides is 1. The molecule has 2 fully saturated rings. The van der Waals surface area contributed by atoms with Gasteiger partial charge in [0.1, 0.15) is 0 Å². The van der Waals surface area contributed by atoms with E-state index >= 15 is 0 Å². The summed E-state index contributed by atoms with van der Waals surface area (Å²) in [7, 11) is 1.64. The molecule has 7 nitrogen and oxygen atoms in total. The summed E-state index contributed by atoms with van der Waals surface area (Å²) in [5.74, 6) is 1.35. The van der Waals surface area contributed by atoms with Crippen LogP contribution in [0, 0.1) is 5.41 Å². The minimum Gasteiger partial charge on any atom is -0.384 e. The lowest BCUT2D eigenvalue weighted by Gasteiger charge is -2.44. The Labute approximate surface area is 130 Å². The molecule has 0 saturated carbocycles. The van der Waals surface area contributed by atoms with Crippen molar-refractivity contribution in [3.63, 3.8) is 0 Å². The fraction of sp³-hybridized carbons (Fsp3) is 0.800. The van der Waals surface area contributed by atoms with Gasteiger partial charge in [-0.05, 0) is 37.8 Å². The highest BCUT2D eigenvalue weighted by atomic mass is 16.5. The summed E-state index contributed by atoms with van der Waals surface area (Å²) in [5, 5.41) is 7.33. The summed E-state index contributed by atoms with van der Waals surface area (Å²) in [6, 6.07) is 0. The summed E-state index contributed by atoms with van der Waals surface area (Å²) >= 11 is 0. The van der Waals surface area contributed by atoms with E-state index in [1.807, 2.05) is 4.90 Å². The number of ether oxygens (including phenoxy) is 1. The lowest BCUT2D eigenvalue weighted by atomic mass is 9.73. The Bertz CT molecular complexity index is 511. The predicted molar refractivity (Wildman–Crippen MR) is 79.1 cm³/mol. The first-order valence-electron chi connectivity index (χ1n) is 8.00. The summed E-state index contributed by atoms with van der Waals surface area (Å²) < 4.78 is 10.3. The van der Waals surface area contributed by atoms with Crippen LogP contribution in [0.3, 0.4) is 0 Å². The highest BCUT2D eigenvalue weighted by Gasteiger charge is 2.39. The van der Waals surface area contributed by atoms with Crippen molar-refractivity contribution >= 4 is 5.91 Å². The summed E-state index contributed by atoms with van der Waals surface area (Å²) in [5.41, 5.74) is 0.276. The van der Waals surface area contributed by atoms with E-state index < -0.39 is 0 Å². The smallest absolute Gasteiger partial charge is 0.246 e. The molecule has 0 atom stereocenters. The Kier molecular flexibility index (Phi) is 4.73. The van der Waals surface area contributed by atoms with Crippen molar-refractivity contribution in [2.75, 3.05) is 33.4 Å². The Hall–Kier alpha value is -1.47. The Morgan fingerprint density at radius 3 is 2.95 bits per heavy atom. The number of piperidine rings is 2. The molecule has 1 amide bonds. The average Bonchev–Trinajstić information content (AvgIpc) is 2.97. The molecular weight excluding hydrogens is 284 g/mol. The third-order valence-corrected chi connectivity index (χ3v) is 4.78. The van der Waals surface area contributed by atoms with Gasteiger partial charge in [-0.15, -0.1) is 0 Å². The standard InChI is InChI=1S/C15H24N4O3/c1-21-9-3-12-17-13(22-18-12)10-19-11-15(4-2-14(19)20)5-7-16-8-6-15/h16H,2-11H2,1H3. The molecule has 0 aromatic carbocycles. The molecule has 3 rings (SSSR count). The largest absolute Gasteiger partial charge is 0.384 e. The number of nitrogens with zero attached hydrogens (tertiary/aromatic N) is 3. The van der Waals surface area contributed by atoms with Crippen molar-refractivity contribution in [3.8, 4) is 0 Å². The molecular formula is C15H24N4O3. The zero-order valence-electron chi connectivity index (χ0n) is 13.1. The van der Waals surface area contributed by atoms with Crippen LogP contribution in [0.15, 0.2) is 4.52 Å². The molecule has 1 aromatic heterocycles. The van der Waals surface area contributed by atoms with Crippen LogP contribution >= 0.6 is 0 Å². The van der Waals surface area contributed by atoms with Crippen LogP contribution in [-0.2, 0) is 22.5 Å². The van der Waals surface area contributed by atoms with Crippen LogP contribution in [0.5, 0.6) is 0 Å². The van der Waals surface area contributed by atoms with E-state index in [1.54, 1.807) is 7.11 Å². The third-order valence-electron chi connectivity index (χ3n) is 4.78. The fourth-order valence-corrected chi connectivity index (χ4v) is 3.42. The first kappa shape index (κ1) is 15.4. The van der Waals surface area contributed by atoms with Gasteiger partial charge in [0.05, 0.1) is 13.2 Å². The van der Waals surface area contributed by atoms with Gasteiger partial charge in [0.25, 0.3) is 0 Å². The van der Waals surface area contributed by atoms with E-state index in [2.05, 4.69) is 15.5 Å². The molecule has 0 aliphatic carbocycles. The number of likely N-dealkylation sites (tertiary alicyclic amines) is 1. The lowest BCUT2D eigenvalue weighted by molar-refractivity contribution is -0.139. The van der Waals surface area contributed by atoms with E-state index in [-0.39, 0.29) is 11.3 Å². The molecule has 7 heteroatoms. The van der Waals surface area contributed by atoms with Gasteiger partial charge < -0.3 is 19.5 Å². The minimum absolute atomic E-state index is 0.195. The number of carbonyl (C=O) groups excluding carboxylic acids is 1. The second-order valence-electron chi connectivity index (χ2n) is 6.35. The summed E-state index contributed by atoms with van der Waals surface area (Å²) in [6.45, 7) is 3.89. The maximum absolute atomic E-state index is 12.2. The summed E-state index contributed by atoms with van der Waals surface area (Å²) in [4.78, 5) is 18.4. The van der Waals surface area contributed by atoms with E-state index in [0.717, 1.165) is 38.9 Å². The normalized spacial score (nSPS) is 21.5. The van der Waals surface area contributed by atoms with E-state index in [1.165, 1.54) is 0 Å². The van der Waals surface area contributed by atoms with Gasteiger partial charge in [-0.3, -0.25) is 4.79 Å². The maximum atomic E-state index is 12.2. The molecule has 0 unspecified atom stereocenters. The van der Waals surface area contributed by atoms with Crippen LogP contribution in [0.25, 0.3) is 0 Å². The second kappa shape index (κ2) is 6.75. The molecule has 3 heterocycles. The highest BCUT2D eigenvalue weighted by molar-refractivity contribution is 5.77. The molecule has 0 radical (unpaired) electrons. The van der Waals surface area contributed by atoms with Crippen molar-refractivity contribution in [1.29, 1.82) is 0 Å². The SMILES string of the molecule is COCCc1noc(CN2CC3(CCNCC3)CCC2=O)n1. The first-order chi connectivity index (χ1) is 10.7. The van der Waals surface area contributed by atoms with Crippen molar-refractivity contribution in [1.82, 2.24) is 20.4 Å². The zero-order chi connectivity index (χ0) is 15.4. The maximum Gasteiger partial charge on any atom is 0.246 e. The van der Waals surface area contributed by atoms with Gasteiger partial charge in [0, 0.05) is 26.5 Å². The first-order valence-corrected chi connectivity index (χ1v) is 8.00. The number of hydrogen-bond donors (Lipinski definition) is 1. The number of nitrogens with one attached hydrogen (secondary N) is 1. The monoisotopic (exact) mass is 308 g/mol. The third kappa shape index (κ3) is 3.47. The molecule has 1 N–H and O–H groups in total. The van der Waals surface area contributed by atoms with Gasteiger partial charge in [-0.25, -0.2) is 0 Å². The van der Waals surface area contributed by atoms with Gasteiger partial charge in [-0.1, -0.05) is 5.16 Å². The number of carbonyl (C=O) groups is 1. The average molecular weight is 308 g/mol. The van der Waals surface area contributed by atoms with Crippen LogP contribution in [0.4, 0.5) is 0 Å². The van der Waals surface area contributed by atoms with Crippen molar-refractivity contribution in [2.24, 2.45) is 5.41 Å². The van der Waals surface area contributed by atoms with Gasteiger partial charge in [0.2, 0.25) is 11.8 Å². The summed E-state index contributed by atoms with van der Waals surface area (Å²) in [6.07, 6.45) is 4.54. The topological polar surface area (TPSA) is 80.5 Å². The Morgan fingerprint density at radius 1 is 1.36 bits per heavy atom. The molecule has 2 saturated heterocycles. The molecule has 122 valence electrons. The van der Waals surface area contributed by atoms with E-state index in [0.29, 0.717) is 37.7 Å². The van der Waals surface area contributed by atoms with Crippen LogP contribution in [0.2, 0.25) is 0 Å². The number of methoxy groups -OCH3 is 1. The minimum atomic E-state index is 0.195. The van der Waals surface area contributed by atoms with Gasteiger partial charge in [0.15, 0.2) is 5.82 Å². The van der Waals surface area contributed by atoms with Crippen LogP contribution in [-0.4, -0.2) is 54.3 Å². The predicted octanol–water partition coefficient (Wildman–Crippen LogP) is 0.751. The van der Waals surface area contributed by atoms with E-state index in [9.17, 15) is 4.79 Å². The van der Waals surface area contributed by atoms with Crippen molar-refractivity contribution in [2.45, 2.75) is 38.6 Å². The molecule has 22 heavy (non-hydrogen) atoms. The molecule has 1 spiro atoms. The second-order valence-corrected chi connectivity index (χ2v) is 6.35.